The molecule has 2 aliphatic carbocycles. The van der Waals surface area contributed by atoms with Gasteiger partial charge in [-0.25, -0.2) is 4.79 Å². The van der Waals surface area contributed by atoms with Crippen LogP contribution in [0.2, 0.25) is 0 Å². The van der Waals surface area contributed by atoms with Gasteiger partial charge in [0.05, 0.1) is 5.92 Å². The number of ether oxygens (including phenoxy) is 1. The fourth-order valence-corrected chi connectivity index (χ4v) is 5.30. The zero-order chi connectivity index (χ0) is 24.8. The van der Waals surface area contributed by atoms with E-state index in [-0.39, 0.29) is 30.4 Å². The molecule has 2 amide bonds. The molecule has 3 atom stereocenters. The summed E-state index contributed by atoms with van der Waals surface area (Å²) in [4.78, 5) is 36.1. The molecule has 0 saturated heterocycles. The van der Waals surface area contributed by atoms with E-state index in [0.717, 1.165) is 25.7 Å². The van der Waals surface area contributed by atoms with Crippen molar-refractivity contribution < 1.29 is 24.2 Å². The summed E-state index contributed by atoms with van der Waals surface area (Å²) in [5.74, 6) is -1.41. The van der Waals surface area contributed by atoms with Gasteiger partial charge in [-0.2, -0.15) is 0 Å². The number of carboxylic acid groups (broad SMARTS) is 1. The third kappa shape index (κ3) is 6.02. The van der Waals surface area contributed by atoms with E-state index in [1.807, 2.05) is 24.3 Å². The average Bonchev–Trinajstić information content (AvgIpc) is 3.17. The van der Waals surface area contributed by atoms with Crippen LogP contribution in [0.25, 0.3) is 11.1 Å². The first-order valence-corrected chi connectivity index (χ1v) is 12.5. The third-order valence-electron chi connectivity index (χ3n) is 7.32. The van der Waals surface area contributed by atoms with Crippen LogP contribution in [0.1, 0.15) is 62.5 Å². The van der Waals surface area contributed by atoms with E-state index in [0.29, 0.717) is 19.4 Å². The fourth-order valence-electron chi connectivity index (χ4n) is 5.30. The molecule has 2 aliphatic rings. The number of rotatable bonds is 9. The quantitative estimate of drug-likeness (QED) is 0.485. The van der Waals surface area contributed by atoms with E-state index in [1.54, 1.807) is 6.92 Å². The van der Waals surface area contributed by atoms with Gasteiger partial charge in [0, 0.05) is 24.9 Å². The number of hydrogen-bond acceptors (Lipinski definition) is 4. The van der Waals surface area contributed by atoms with E-state index < -0.39 is 18.0 Å². The number of carbonyl (C=O) groups excluding carboxylic acids is 2. The van der Waals surface area contributed by atoms with Gasteiger partial charge in [-0.05, 0) is 47.4 Å². The van der Waals surface area contributed by atoms with Crippen LogP contribution in [0.15, 0.2) is 48.5 Å². The highest BCUT2D eigenvalue weighted by Gasteiger charge is 2.31. The van der Waals surface area contributed by atoms with Crippen molar-refractivity contribution >= 4 is 18.0 Å². The van der Waals surface area contributed by atoms with Crippen LogP contribution in [-0.2, 0) is 14.3 Å². The summed E-state index contributed by atoms with van der Waals surface area (Å²) in [6.45, 7) is 2.23. The number of hydrogen-bond donors (Lipinski definition) is 3. The monoisotopic (exact) mass is 478 g/mol. The largest absolute Gasteiger partial charge is 0.481 e. The molecule has 3 unspecified atom stereocenters. The Kier molecular flexibility index (Phi) is 8.06. The highest BCUT2D eigenvalue weighted by molar-refractivity contribution is 5.79. The molecule has 0 heterocycles. The Balaban J connectivity index is 1.29. The molecular formula is C28H34N2O5. The van der Waals surface area contributed by atoms with Crippen molar-refractivity contribution in [1.29, 1.82) is 0 Å². The predicted octanol–water partition coefficient (Wildman–Crippen LogP) is 4.70. The van der Waals surface area contributed by atoms with Crippen LogP contribution >= 0.6 is 0 Å². The van der Waals surface area contributed by atoms with Gasteiger partial charge in [-0.1, -0.05) is 68.3 Å². The molecule has 4 rings (SSSR count). The van der Waals surface area contributed by atoms with Crippen molar-refractivity contribution in [2.24, 2.45) is 11.8 Å². The molecule has 3 N–H and O–H groups in total. The lowest BCUT2D eigenvalue weighted by Crippen LogP contribution is -2.44. The number of aliphatic carboxylic acids is 1. The lowest BCUT2D eigenvalue weighted by Gasteiger charge is -2.31. The van der Waals surface area contributed by atoms with Crippen LogP contribution in [-0.4, -0.2) is 42.3 Å². The SMILES string of the molecule is CC(CCNC(=O)CC1CCCCC1NC(=O)OCC1c2ccccc2-c2ccccc21)C(=O)O. The van der Waals surface area contributed by atoms with Gasteiger partial charge < -0.3 is 20.5 Å². The minimum atomic E-state index is -0.862. The summed E-state index contributed by atoms with van der Waals surface area (Å²) in [6, 6.07) is 16.4. The zero-order valence-corrected chi connectivity index (χ0v) is 20.2. The van der Waals surface area contributed by atoms with Crippen LogP contribution in [0.4, 0.5) is 4.79 Å². The fraction of sp³-hybridized carbons (Fsp3) is 0.464. The van der Waals surface area contributed by atoms with E-state index in [4.69, 9.17) is 9.84 Å². The van der Waals surface area contributed by atoms with Crippen LogP contribution in [0.5, 0.6) is 0 Å². The molecule has 35 heavy (non-hydrogen) atoms. The van der Waals surface area contributed by atoms with Gasteiger partial charge in [0.25, 0.3) is 0 Å². The molecule has 0 spiro atoms. The van der Waals surface area contributed by atoms with E-state index in [2.05, 4.69) is 34.9 Å². The average molecular weight is 479 g/mol. The maximum absolute atomic E-state index is 12.7. The first kappa shape index (κ1) is 24.8. The second-order valence-electron chi connectivity index (χ2n) is 9.70. The van der Waals surface area contributed by atoms with Crippen molar-refractivity contribution in [2.75, 3.05) is 13.2 Å². The zero-order valence-electron chi connectivity index (χ0n) is 20.2. The van der Waals surface area contributed by atoms with Crippen molar-refractivity contribution in [3.8, 4) is 11.1 Å². The standard InChI is InChI=1S/C28H34N2O5/c1-18(27(32)33)14-15-29-26(31)16-19-8-2-7-13-25(19)30-28(34)35-17-24-22-11-5-3-9-20(22)21-10-4-6-12-23(21)24/h3-6,9-12,18-19,24-25H,2,7-8,13-17H2,1H3,(H,29,31)(H,30,34)(H,32,33). The van der Waals surface area contributed by atoms with Crippen LogP contribution < -0.4 is 10.6 Å². The number of amides is 2. The number of fused-ring (bicyclic) bond motifs is 3. The van der Waals surface area contributed by atoms with Gasteiger partial charge >= 0.3 is 12.1 Å². The molecular weight excluding hydrogens is 444 g/mol. The van der Waals surface area contributed by atoms with E-state index in [9.17, 15) is 14.4 Å². The number of carbonyl (C=O) groups is 3. The molecule has 1 saturated carbocycles. The smallest absolute Gasteiger partial charge is 0.407 e. The molecule has 7 nitrogen and oxygen atoms in total. The Bertz CT molecular complexity index is 1020. The molecule has 0 radical (unpaired) electrons. The molecule has 2 aromatic carbocycles. The van der Waals surface area contributed by atoms with Crippen molar-refractivity contribution in [2.45, 2.75) is 57.4 Å². The van der Waals surface area contributed by atoms with Crippen molar-refractivity contribution in [3.63, 3.8) is 0 Å². The summed E-state index contributed by atoms with van der Waals surface area (Å²) in [5.41, 5.74) is 4.72. The van der Waals surface area contributed by atoms with Gasteiger partial charge in [-0.15, -0.1) is 0 Å². The first-order valence-electron chi connectivity index (χ1n) is 12.5. The first-order chi connectivity index (χ1) is 16.9. The summed E-state index contributed by atoms with van der Waals surface area (Å²) in [7, 11) is 0. The Morgan fingerprint density at radius 2 is 1.63 bits per heavy atom. The third-order valence-corrected chi connectivity index (χ3v) is 7.32. The molecule has 186 valence electrons. The van der Waals surface area contributed by atoms with E-state index in [1.165, 1.54) is 22.3 Å². The predicted molar refractivity (Wildman–Crippen MR) is 133 cm³/mol. The maximum Gasteiger partial charge on any atom is 0.407 e. The van der Waals surface area contributed by atoms with Gasteiger partial charge in [0.15, 0.2) is 0 Å². The molecule has 2 aromatic rings. The summed E-state index contributed by atoms with van der Waals surface area (Å²) < 4.78 is 5.70. The summed E-state index contributed by atoms with van der Waals surface area (Å²) in [5, 5.41) is 14.8. The second kappa shape index (κ2) is 11.4. The minimum absolute atomic E-state index is 0.00859. The number of carboxylic acids is 1. The minimum Gasteiger partial charge on any atom is -0.481 e. The normalized spacial score (nSPS) is 19.8. The molecule has 0 aliphatic heterocycles. The highest BCUT2D eigenvalue weighted by Crippen LogP contribution is 2.44. The lowest BCUT2D eigenvalue weighted by atomic mass is 9.82. The van der Waals surface area contributed by atoms with E-state index >= 15 is 0 Å². The second-order valence-corrected chi connectivity index (χ2v) is 9.70. The molecule has 1 fully saturated rings. The van der Waals surface area contributed by atoms with Crippen molar-refractivity contribution in [1.82, 2.24) is 10.6 Å². The Hall–Kier alpha value is -3.35. The number of nitrogens with one attached hydrogen (secondary N) is 2. The molecule has 0 bridgehead atoms. The van der Waals surface area contributed by atoms with Crippen LogP contribution in [0.3, 0.4) is 0 Å². The Morgan fingerprint density at radius 1 is 1.00 bits per heavy atom. The Morgan fingerprint density at radius 3 is 2.29 bits per heavy atom. The van der Waals surface area contributed by atoms with Gasteiger partial charge in [-0.3, -0.25) is 9.59 Å². The number of benzene rings is 2. The summed E-state index contributed by atoms with van der Waals surface area (Å²) in [6.07, 6.45) is 3.98. The highest BCUT2D eigenvalue weighted by atomic mass is 16.5. The topological polar surface area (TPSA) is 105 Å². The Labute approximate surface area is 206 Å². The lowest BCUT2D eigenvalue weighted by molar-refractivity contribution is -0.141. The molecule has 7 heteroatoms. The van der Waals surface area contributed by atoms with Gasteiger partial charge in [0.1, 0.15) is 6.61 Å². The summed E-state index contributed by atoms with van der Waals surface area (Å²) >= 11 is 0. The molecule has 0 aromatic heterocycles. The van der Waals surface area contributed by atoms with Gasteiger partial charge in [0.2, 0.25) is 5.91 Å². The van der Waals surface area contributed by atoms with Crippen LogP contribution in [0, 0.1) is 11.8 Å². The number of alkyl carbamates (subject to hydrolysis) is 1. The van der Waals surface area contributed by atoms with Crippen molar-refractivity contribution in [3.05, 3.63) is 59.7 Å². The maximum atomic E-state index is 12.7.